The van der Waals surface area contributed by atoms with Crippen LogP contribution >= 0.6 is 0 Å². The summed E-state index contributed by atoms with van der Waals surface area (Å²) in [5.41, 5.74) is -1.11. The van der Waals surface area contributed by atoms with Gasteiger partial charge < -0.3 is 0 Å². The van der Waals surface area contributed by atoms with E-state index in [9.17, 15) is 18.0 Å². The molecule has 0 radical (unpaired) electrons. The van der Waals surface area contributed by atoms with Crippen LogP contribution in [0.1, 0.15) is 15.9 Å². The first-order valence-electron chi connectivity index (χ1n) is 5.42. The fourth-order valence-electron chi connectivity index (χ4n) is 1.56. The van der Waals surface area contributed by atoms with Gasteiger partial charge in [-0.3, -0.25) is 0 Å². The normalized spacial score (nSPS) is 11.3. The van der Waals surface area contributed by atoms with Crippen LogP contribution in [0.2, 0.25) is 0 Å². The Hall–Kier alpha value is -1.58. The van der Waals surface area contributed by atoms with Crippen molar-refractivity contribution in [1.29, 1.82) is 0 Å². The summed E-state index contributed by atoms with van der Waals surface area (Å²) in [4.78, 5) is 12.0. The summed E-state index contributed by atoms with van der Waals surface area (Å²) in [6.07, 6.45) is -4.50. The van der Waals surface area contributed by atoms with Crippen LogP contribution < -0.4 is 4.46 Å². The fraction of sp³-hybridized carbons (Fsp3) is 0.0714. The molecule has 0 fully saturated rings. The van der Waals surface area contributed by atoms with Crippen molar-refractivity contribution in [3.63, 3.8) is 0 Å². The van der Waals surface area contributed by atoms with Crippen LogP contribution in [0.25, 0.3) is 0 Å². The van der Waals surface area contributed by atoms with E-state index in [1.165, 1.54) is 18.2 Å². The molecule has 0 amide bonds. The molecule has 1 nitrogen and oxygen atoms in total. The average molecular weight is 329 g/mol. The third-order valence-electron chi connectivity index (χ3n) is 2.41. The summed E-state index contributed by atoms with van der Waals surface area (Å²) in [7, 11) is 0. The Morgan fingerprint density at radius 2 is 1.47 bits per heavy atom. The molecule has 19 heavy (non-hydrogen) atoms. The quantitative estimate of drug-likeness (QED) is 0.792. The number of rotatable bonds is 3. The van der Waals surface area contributed by atoms with E-state index in [1.807, 2.05) is 0 Å². The average Bonchev–Trinajstić information content (AvgIpc) is 2.39. The number of halogens is 3. The molecule has 0 saturated carbocycles. The summed E-state index contributed by atoms with van der Waals surface area (Å²) in [5.74, 6) is 0. The number of alkyl halides is 3. The van der Waals surface area contributed by atoms with Crippen molar-refractivity contribution in [3.8, 4) is 0 Å². The van der Waals surface area contributed by atoms with E-state index in [-0.39, 0.29) is 5.56 Å². The van der Waals surface area contributed by atoms with E-state index < -0.39 is 31.4 Å². The molecule has 2 aromatic carbocycles. The van der Waals surface area contributed by atoms with Crippen LogP contribution in [0.5, 0.6) is 0 Å². The summed E-state index contributed by atoms with van der Waals surface area (Å²) in [5, 5.41) is 0. The van der Waals surface area contributed by atoms with Gasteiger partial charge in [0.05, 0.1) is 0 Å². The van der Waals surface area contributed by atoms with Crippen LogP contribution in [0.3, 0.4) is 0 Å². The van der Waals surface area contributed by atoms with Gasteiger partial charge in [0.2, 0.25) is 0 Å². The van der Waals surface area contributed by atoms with E-state index in [1.54, 1.807) is 30.3 Å². The van der Waals surface area contributed by atoms with E-state index in [0.717, 1.165) is 10.5 Å². The molecule has 2 rings (SSSR count). The maximum atomic E-state index is 12.8. The standard InChI is InChI=1S/C14H9F3OSe/c15-14(16,17)12-9-5-4-8-11(12)13(18)19-10-6-2-1-3-7-10/h1-9H. The Balaban J connectivity index is 2.30. The van der Waals surface area contributed by atoms with Crippen molar-refractivity contribution >= 4 is 24.1 Å². The van der Waals surface area contributed by atoms with Crippen molar-refractivity contribution in [2.75, 3.05) is 0 Å². The first-order chi connectivity index (χ1) is 8.98. The second kappa shape index (κ2) is 5.59. The zero-order valence-electron chi connectivity index (χ0n) is 9.65. The van der Waals surface area contributed by atoms with Gasteiger partial charge in [0.1, 0.15) is 0 Å². The minimum absolute atomic E-state index is 0.251. The number of benzene rings is 2. The third-order valence-corrected chi connectivity index (χ3v) is 4.32. The van der Waals surface area contributed by atoms with Gasteiger partial charge in [-0.1, -0.05) is 0 Å². The molecule has 0 N–H and O–H groups in total. The molecule has 0 spiro atoms. The van der Waals surface area contributed by atoms with Gasteiger partial charge in [-0.05, 0) is 0 Å². The summed E-state index contributed by atoms with van der Waals surface area (Å²) in [6, 6.07) is 13.7. The molecule has 0 unspecified atom stereocenters. The van der Waals surface area contributed by atoms with Crippen molar-refractivity contribution in [2.45, 2.75) is 6.18 Å². The Labute approximate surface area is 114 Å². The summed E-state index contributed by atoms with van der Waals surface area (Å²) < 4.78 is 38.7. The second-order valence-electron chi connectivity index (χ2n) is 3.75. The van der Waals surface area contributed by atoms with Gasteiger partial charge in [0, 0.05) is 0 Å². The van der Waals surface area contributed by atoms with Crippen molar-refractivity contribution < 1.29 is 18.0 Å². The molecule has 0 aliphatic carbocycles. The van der Waals surface area contributed by atoms with Gasteiger partial charge in [-0.25, -0.2) is 0 Å². The molecule has 5 heteroatoms. The zero-order chi connectivity index (χ0) is 13.9. The zero-order valence-corrected chi connectivity index (χ0v) is 11.4. The van der Waals surface area contributed by atoms with Crippen LogP contribution in [0.4, 0.5) is 13.2 Å². The van der Waals surface area contributed by atoms with Crippen LogP contribution in [-0.4, -0.2) is 19.6 Å². The van der Waals surface area contributed by atoms with Gasteiger partial charge in [-0.15, -0.1) is 0 Å². The molecular weight excluding hydrogens is 320 g/mol. The van der Waals surface area contributed by atoms with Crippen molar-refractivity contribution in [1.82, 2.24) is 0 Å². The Morgan fingerprint density at radius 1 is 0.895 bits per heavy atom. The van der Waals surface area contributed by atoms with Gasteiger partial charge in [0.15, 0.2) is 0 Å². The predicted molar refractivity (Wildman–Crippen MR) is 67.6 cm³/mol. The van der Waals surface area contributed by atoms with E-state index in [2.05, 4.69) is 0 Å². The summed E-state index contributed by atoms with van der Waals surface area (Å²) in [6.45, 7) is 0. The molecule has 0 heterocycles. The Kier molecular flexibility index (Phi) is 4.07. The SMILES string of the molecule is O=C([Se]c1ccccc1)c1ccccc1C(F)(F)F. The molecule has 98 valence electrons. The number of carbonyl (C=O) groups excluding carboxylic acids is 1. The fourth-order valence-corrected chi connectivity index (χ4v) is 3.23. The van der Waals surface area contributed by atoms with Crippen LogP contribution in [0.15, 0.2) is 54.6 Å². The molecule has 0 atom stereocenters. The van der Waals surface area contributed by atoms with Gasteiger partial charge in [0.25, 0.3) is 0 Å². The second-order valence-corrected chi connectivity index (χ2v) is 5.94. The molecule has 0 bridgehead atoms. The van der Waals surface area contributed by atoms with E-state index in [4.69, 9.17) is 0 Å². The van der Waals surface area contributed by atoms with Crippen LogP contribution in [0, 0.1) is 0 Å². The van der Waals surface area contributed by atoms with Gasteiger partial charge in [-0.2, -0.15) is 0 Å². The molecule has 0 aromatic heterocycles. The Bertz CT molecular complexity index is 579. The first kappa shape index (κ1) is 13.8. The molecule has 0 aliphatic rings. The van der Waals surface area contributed by atoms with E-state index in [0.29, 0.717) is 0 Å². The van der Waals surface area contributed by atoms with Crippen LogP contribution in [-0.2, 0) is 6.18 Å². The van der Waals surface area contributed by atoms with Crippen molar-refractivity contribution in [3.05, 3.63) is 65.7 Å². The Morgan fingerprint density at radius 3 is 2.11 bits per heavy atom. The number of hydrogen-bond acceptors (Lipinski definition) is 1. The maximum absolute atomic E-state index is 12.8. The first-order valence-corrected chi connectivity index (χ1v) is 7.13. The van der Waals surface area contributed by atoms with Gasteiger partial charge >= 0.3 is 114 Å². The van der Waals surface area contributed by atoms with E-state index >= 15 is 0 Å². The monoisotopic (exact) mass is 330 g/mol. The topological polar surface area (TPSA) is 17.1 Å². The number of carbonyl (C=O) groups is 1. The summed E-state index contributed by atoms with van der Waals surface area (Å²) >= 11 is -0.650. The number of hydrogen-bond donors (Lipinski definition) is 0. The molecule has 0 saturated heterocycles. The minimum atomic E-state index is -4.50. The molecule has 0 aliphatic heterocycles. The predicted octanol–water partition coefficient (Wildman–Crippen LogP) is 2.88. The third kappa shape index (κ3) is 3.46. The molecular formula is C14H9F3OSe. The van der Waals surface area contributed by atoms with Crippen molar-refractivity contribution in [2.24, 2.45) is 0 Å². The molecule has 2 aromatic rings.